The minimum absolute atomic E-state index is 0.550. The Balaban J connectivity index is 2.05. The summed E-state index contributed by atoms with van der Waals surface area (Å²) in [5.41, 5.74) is 1.46. The molecule has 1 unspecified atom stereocenters. The summed E-state index contributed by atoms with van der Waals surface area (Å²) in [5, 5.41) is 3.54. The van der Waals surface area contributed by atoms with E-state index in [0.29, 0.717) is 6.04 Å². The Morgan fingerprint density at radius 3 is 2.12 bits per heavy atom. The second-order valence-electron chi connectivity index (χ2n) is 5.28. The van der Waals surface area contributed by atoms with E-state index in [0.717, 1.165) is 5.92 Å². The lowest BCUT2D eigenvalue weighted by Gasteiger charge is -2.29. The van der Waals surface area contributed by atoms with Crippen LogP contribution >= 0.6 is 0 Å². The topological polar surface area (TPSA) is 12.0 Å². The maximum atomic E-state index is 3.54. The van der Waals surface area contributed by atoms with Gasteiger partial charge in [-0.3, -0.25) is 0 Å². The summed E-state index contributed by atoms with van der Waals surface area (Å²) >= 11 is 0. The second kappa shape index (κ2) is 6.80. The van der Waals surface area contributed by atoms with Gasteiger partial charge in [-0.25, -0.2) is 0 Å². The first kappa shape index (κ1) is 12.6. The SMILES string of the molecule is CNC(c1ccccc1)C1CCCCCCC1. The summed E-state index contributed by atoms with van der Waals surface area (Å²) in [7, 11) is 2.11. The smallest absolute Gasteiger partial charge is 0.0346 e. The third-order valence-electron chi connectivity index (χ3n) is 4.09. The van der Waals surface area contributed by atoms with Gasteiger partial charge in [0.25, 0.3) is 0 Å². The Labute approximate surface area is 106 Å². The summed E-state index contributed by atoms with van der Waals surface area (Å²) in [5.74, 6) is 0.822. The molecule has 0 aromatic heterocycles. The molecule has 0 spiro atoms. The fourth-order valence-electron chi connectivity index (χ4n) is 3.16. The fraction of sp³-hybridized carbons (Fsp3) is 0.625. The zero-order valence-corrected chi connectivity index (χ0v) is 11.0. The molecule has 0 amide bonds. The van der Waals surface area contributed by atoms with Crippen LogP contribution in [0.2, 0.25) is 0 Å². The highest BCUT2D eigenvalue weighted by Gasteiger charge is 2.21. The first-order valence-electron chi connectivity index (χ1n) is 7.14. The van der Waals surface area contributed by atoms with Crippen LogP contribution in [-0.4, -0.2) is 7.05 Å². The average Bonchev–Trinajstić information content (AvgIpc) is 2.34. The van der Waals surface area contributed by atoms with Crippen molar-refractivity contribution < 1.29 is 0 Å². The van der Waals surface area contributed by atoms with Gasteiger partial charge in [0, 0.05) is 6.04 Å². The van der Waals surface area contributed by atoms with Crippen LogP contribution in [0.5, 0.6) is 0 Å². The first-order valence-corrected chi connectivity index (χ1v) is 7.14. The third-order valence-corrected chi connectivity index (χ3v) is 4.09. The van der Waals surface area contributed by atoms with Gasteiger partial charge in [-0.15, -0.1) is 0 Å². The fourth-order valence-corrected chi connectivity index (χ4v) is 3.16. The van der Waals surface area contributed by atoms with Gasteiger partial charge in [0.05, 0.1) is 0 Å². The number of hydrogen-bond donors (Lipinski definition) is 1. The van der Waals surface area contributed by atoms with E-state index in [-0.39, 0.29) is 0 Å². The van der Waals surface area contributed by atoms with Crippen molar-refractivity contribution in [1.82, 2.24) is 5.32 Å². The molecule has 1 saturated carbocycles. The van der Waals surface area contributed by atoms with Crippen molar-refractivity contribution in [3.05, 3.63) is 35.9 Å². The molecule has 0 saturated heterocycles. The normalized spacial score (nSPS) is 20.5. The molecule has 2 rings (SSSR count). The molecule has 0 aliphatic heterocycles. The van der Waals surface area contributed by atoms with E-state index in [1.165, 1.54) is 50.5 Å². The predicted molar refractivity (Wildman–Crippen MR) is 74.1 cm³/mol. The van der Waals surface area contributed by atoms with Gasteiger partial charge in [0.15, 0.2) is 0 Å². The maximum Gasteiger partial charge on any atom is 0.0346 e. The summed E-state index contributed by atoms with van der Waals surface area (Å²) in [4.78, 5) is 0. The molecule has 1 fully saturated rings. The molecule has 0 radical (unpaired) electrons. The van der Waals surface area contributed by atoms with Crippen LogP contribution in [0, 0.1) is 5.92 Å². The Morgan fingerprint density at radius 2 is 1.53 bits per heavy atom. The zero-order chi connectivity index (χ0) is 11.9. The quantitative estimate of drug-likeness (QED) is 0.817. The summed E-state index contributed by atoms with van der Waals surface area (Å²) in [6.07, 6.45) is 9.91. The van der Waals surface area contributed by atoms with Crippen LogP contribution in [0.25, 0.3) is 0 Å². The van der Waals surface area contributed by atoms with Crippen molar-refractivity contribution in [3.63, 3.8) is 0 Å². The van der Waals surface area contributed by atoms with E-state index in [1.54, 1.807) is 0 Å². The molecular formula is C16H25N. The van der Waals surface area contributed by atoms with Gasteiger partial charge in [0.1, 0.15) is 0 Å². The molecule has 1 aliphatic rings. The largest absolute Gasteiger partial charge is 0.313 e. The van der Waals surface area contributed by atoms with Crippen molar-refractivity contribution in [2.45, 2.75) is 51.0 Å². The van der Waals surface area contributed by atoms with E-state index < -0.39 is 0 Å². The van der Waals surface area contributed by atoms with Crippen molar-refractivity contribution in [2.24, 2.45) is 5.92 Å². The van der Waals surface area contributed by atoms with Crippen LogP contribution in [0.3, 0.4) is 0 Å². The lowest BCUT2D eigenvalue weighted by atomic mass is 9.83. The van der Waals surface area contributed by atoms with Gasteiger partial charge in [0.2, 0.25) is 0 Å². The highest BCUT2D eigenvalue weighted by molar-refractivity contribution is 5.19. The molecule has 1 aliphatic carbocycles. The van der Waals surface area contributed by atoms with Crippen LogP contribution in [0.15, 0.2) is 30.3 Å². The van der Waals surface area contributed by atoms with Crippen molar-refractivity contribution in [2.75, 3.05) is 7.05 Å². The van der Waals surface area contributed by atoms with Gasteiger partial charge in [-0.1, -0.05) is 62.4 Å². The highest BCUT2D eigenvalue weighted by atomic mass is 14.9. The van der Waals surface area contributed by atoms with Gasteiger partial charge >= 0.3 is 0 Å². The Morgan fingerprint density at radius 1 is 0.941 bits per heavy atom. The molecule has 1 aromatic rings. The van der Waals surface area contributed by atoms with Crippen molar-refractivity contribution in [3.8, 4) is 0 Å². The van der Waals surface area contributed by atoms with E-state index in [4.69, 9.17) is 0 Å². The summed E-state index contributed by atoms with van der Waals surface area (Å²) in [6.45, 7) is 0. The molecule has 1 N–H and O–H groups in total. The maximum absolute atomic E-state index is 3.54. The molecule has 1 nitrogen and oxygen atoms in total. The third kappa shape index (κ3) is 3.57. The minimum atomic E-state index is 0.550. The van der Waals surface area contributed by atoms with Gasteiger partial charge in [-0.2, -0.15) is 0 Å². The number of nitrogens with one attached hydrogen (secondary N) is 1. The molecule has 0 bridgehead atoms. The van der Waals surface area contributed by atoms with Gasteiger partial charge in [-0.05, 0) is 31.4 Å². The molecule has 94 valence electrons. The van der Waals surface area contributed by atoms with Crippen molar-refractivity contribution >= 4 is 0 Å². The van der Waals surface area contributed by atoms with E-state index in [9.17, 15) is 0 Å². The first-order chi connectivity index (χ1) is 8.42. The van der Waals surface area contributed by atoms with E-state index in [2.05, 4.69) is 42.7 Å². The Bertz CT molecular complexity index is 299. The number of rotatable bonds is 3. The summed E-state index contributed by atoms with van der Waals surface area (Å²) in [6, 6.07) is 11.5. The van der Waals surface area contributed by atoms with Crippen LogP contribution in [0.1, 0.15) is 56.6 Å². The lowest BCUT2D eigenvalue weighted by Crippen LogP contribution is -2.26. The molecular weight excluding hydrogens is 206 g/mol. The van der Waals surface area contributed by atoms with Gasteiger partial charge < -0.3 is 5.32 Å². The molecule has 1 heteroatoms. The molecule has 1 atom stereocenters. The predicted octanol–water partition coefficient (Wildman–Crippen LogP) is 4.31. The lowest BCUT2D eigenvalue weighted by molar-refractivity contribution is 0.299. The van der Waals surface area contributed by atoms with E-state index in [1.807, 2.05) is 0 Å². The van der Waals surface area contributed by atoms with Crippen molar-refractivity contribution in [1.29, 1.82) is 0 Å². The van der Waals surface area contributed by atoms with Crippen LogP contribution < -0.4 is 5.32 Å². The molecule has 17 heavy (non-hydrogen) atoms. The standard InChI is InChI=1S/C16H25N/c1-17-16(15-12-8-5-9-13-15)14-10-6-3-2-4-7-11-14/h5,8-9,12-14,16-17H,2-4,6-7,10-11H2,1H3. The Hall–Kier alpha value is -0.820. The number of hydrogen-bond acceptors (Lipinski definition) is 1. The highest BCUT2D eigenvalue weighted by Crippen LogP contribution is 2.32. The zero-order valence-electron chi connectivity index (χ0n) is 11.0. The Kier molecular flexibility index (Phi) is 5.06. The molecule has 1 aromatic carbocycles. The van der Waals surface area contributed by atoms with Crippen LogP contribution in [-0.2, 0) is 0 Å². The molecule has 0 heterocycles. The number of benzene rings is 1. The summed E-state index contributed by atoms with van der Waals surface area (Å²) < 4.78 is 0. The van der Waals surface area contributed by atoms with E-state index >= 15 is 0 Å². The second-order valence-corrected chi connectivity index (χ2v) is 5.28. The average molecular weight is 231 g/mol. The monoisotopic (exact) mass is 231 g/mol. The minimum Gasteiger partial charge on any atom is -0.313 e. The van der Waals surface area contributed by atoms with Crippen LogP contribution in [0.4, 0.5) is 0 Å².